The van der Waals surface area contributed by atoms with E-state index < -0.39 is 5.97 Å². The van der Waals surface area contributed by atoms with Gasteiger partial charge in [-0.25, -0.2) is 4.79 Å². The van der Waals surface area contributed by atoms with Gasteiger partial charge in [-0.2, -0.15) is 0 Å². The van der Waals surface area contributed by atoms with E-state index in [1.807, 2.05) is 19.9 Å². The lowest BCUT2D eigenvalue weighted by Crippen LogP contribution is -2.28. The molecule has 1 aliphatic rings. The highest BCUT2D eigenvalue weighted by Gasteiger charge is 2.30. The highest BCUT2D eigenvalue weighted by Crippen LogP contribution is 2.23. The molecule has 0 unspecified atom stereocenters. The van der Waals surface area contributed by atoms with Gasteiger partial charge in [0.1, 0.15) is 0 Å². The number of hydrogen-bond acceptors (Lipinski definition) is 5. The number of benzene rings is 2. The van der Waals surface area contributed by atoms with Gasteiger partial charge in [0.2, 0.25) is 11.8 Å². The zero-order valence-electron chi connectivity index (χ0n) is 15.2. The van der Waals surface area contributed by atoms with Crippen molar-refractivity contribution in [3.8, 4) is 0 Å². The van der Waals surface area contributed by atoms with Gasteiger partial charge in [0, 0.05) is 18.4 Å². The Morgan fingerprint density at radius 1 is 0.889 bits per heavy atom. The number of imide groups is 1. The van der Waals surface area contributed by atoms with Gasteiger partial charge in [-0.05, 0) is 55.3 Å². The third-order valence-electron chi connectivity index (χ3n) is 4.58. The number of hydrogen-bond donors (Lipinski definition) is 0. The summed E-state index contributed by atoms with van der Waals surface area (Å²) in [4.78, 5) is 48.9. The normalized spacial score (nSPS) is 13.8. The summed E-state index contributed by atoms with van der Waals surface area (Å²) in [5.41, 5.74) is 3.23. The fraction of sp³-hybridized carbons (Fsp3) is 0.238. The van der Waals surface area contributed by atoms with Crippen LogP contribution >= 0.6 is 0 Å². The lowest BCUT2D eigenvalue weighted by atomic mass is 10.0. The van der Waals surface area contributed by atoms with Gasteiger partial charge in [-0.3, -0.25) is 19.3 Å². The van der Waals surface area contributed by atoms with E-state index in [4.69, 9.17) is 4.74 Å². The molecule has 0 aliphatic carbocycles. The van der Waals surface area contributed by atoms with Crippen LogP contribution in [0.1, 0.15) is 44.7 Å². The maximum atomic E-state index is 12.2. The van der Waals surface area contributed by atoms with Crippen LogP contribution in [0.3, 0.4) is 0 Å². The van der Waals surface area contributed by atoms with Crippen LogP contribution in [0.4, 0.5) is 5.69 Å². The molecule has 0 spiro atoms. The van der Waals surface area contributed by atoms with Crippen LogP contribution in [-0.4, -0.2) is 30.2 Å². The number of ether oxygens (including phenoxy) is 1. The summed E-state index contributed by atoms with van der Waals surface area (Å²) in [6.07, 6.45) is 0.395. The van der Waals surface area contributed by atoms with Gasteiger partial charge in [0.05, 0.1) is 11.3 Å². The third kappa shape index (κ3) is 3.95. The molecule has 1 heterocycles. The van der Waals surface area contributed by atoms with E-state index in [1.165, 1.54) is 24.3 Å². The fourth-order valence-corrected chi connectivity index (χ4v) is 2.82. The molecule has 3 rings (SSSR count). The average molecular weight is 365 g/mol. The largest absolute Gasteiger partial charge is 0.454 e. The summed E-state index contributed by atoms with van der Waals surface area (Å²) in [7, 11) is 0. The topological polar surface area (TPSA) is 80.8 Å². The van der Waals surface area contributed by atoms with Crippen molar-refractivity contribution >= 4 is 29.3 Å². The molecule has 2 aromatic rings. The van der Waals surface area contributed by atoms with E-state index in [2.05, 4.69) is 0 Å². The van der Waals surface area contributed by atoms with Crippen LogP contribution in [0.5, 0.6) is 0 Å². The lowest BCUT2D eigenvalue weighted by molar-refractivity contribution is -0.121. The first-order chi connectivity index (χ1) is 12.9. The first-order valence-corrected chi connectivity index (χ1v) is 8.60. The number of amides is 2. The molecule has 0 aromatic heterocycles. The van der Waals surface area contributed by atoms with Gasteiger partial charge in [-0.15, -0.1) is 0 Å². The van der Waals surface area contributed by atoms with Crippen LogP contribution < -0.4 is 4.90 Å². The number of carbonyl (C=O) groups is 4. The van der Waals surface area contributed by atoms with E-state index in [0.29, 0.717) is 11.3 Å². The first kappa shape index (κ1) is 18.5. The number of aryl methyl sites for hydroxylation is 2. The second-order valence-electron chi connectivity index (χ2n) is 6.47. The molecule has 6 nitrogen and oxygen atoms in total. The highest BCUT2D eigenvalue weighted by molar-refractivity contribution is 6.19. The number of esters is 1. The first-order valence-electron chi connectivity index (χ1n) is 8.60. The van der Waals surface area contributed by atoms with Crippen molar-refractivity contribution in [2.75, 3.05) is 11.5 Å². The van der Waals surface area contributed by atoms with Gasteiger partial charge in [-0.1, -0.05) is 12.1 Å². The van der Waals surface area contributed by atoms with Crippen molar-refractivity contribution in [2.24, 2.45) is 0 Å². The van der Waals surface area contributed by atoms with Crippen LogP contribution in [-0.2, 0) is 14.3 Å². The minimum Gasteiger partial charge on any atom is -0.454 e. The molecule has 0 atom stereocenters. The molecule has 27 heavy (non-hydrogen) atoms. The van der Waals surface area contributed by atoms with E-state index >= 15 is 0 Å². The zero-order valence-corrected chi connectivity index (χ0v) is 15.2. The summed E-state index contributed by atoms with van der Waals surface area (Å²) in [5, 5.41) is 0. The maximum absolute atomic E-state index is 12.2. The van der Waals surface area contributed by atoms with Crippen molar-refractivity contribution in [1.82, 2.24) is 0 Å². The average Bonchev–Trinajstić information content (AvgIpc) is 3.00. The summed E-state index contributed by atoms with van der Waals surface area (Å²) >= 11 is 0. The maximum Gasteiger partial charge on any atom is 0.338 e. The van der Waals surface area contributed by atoms with E-state index in [1.54, 1.807) is 12.1 Å². The second-order valence-corrected chi connectivity index (χ2v) is 6.47. The van der Waals surface area contributed by atoms with Gasteiger partial charge in [0.25, 0.3) is 0 Å². The van der Waals surface area contributed by atoms with Crippen molar-refractivity contribution < 1.29 is 23.9 Å². The van der Waals surface area contributed by atoms with Crippen LogP contribution in [0.15, 0.2) is 42.5 Å². The molecule has 0 N–H and O–H groups in total. The number of ketones is 1. The van der Waals surface area contributed by atoms with Crippen LogP contribution in [0.25, 0.3) is 0 Å². The predicted octanol–water partition coefficient (Wildman–Crippen LogP) is 3.00. The summed E-state index contributed by atoms with van der Waals surface area (Å²) in [6.45, 7) is 3.51. The van der Waals surface area contributed by atoms with Gasteiger partial charge >= 0.3 is 5.97 Å². The number of carbonyl (C=O) groups excluding carboxylic acids is 4. The minimum absolute atomic E-state index is 0.198. The Labute approximate surface area is 156 Å². The molecule has 0 radical (unpaired) electrons. The van der Waals surface area contributed by atoms with Gasteiger partial charge < -0.3 is 4.74 Å². The highest BCUT2D eigenvalue weighted by atomic mass is 16.5. The van der Waals surface area contributed by atoms with Crippen molar-refractivity contribution in [3.63, 3.8) is 0 Å². The molecule has 2 amide bonds. The van der Waals surface area contributed by atoms with E-state index in [9.17, 15) is 19.2 Å². The van der Waals surface area contributed by atoms with Gasteiger partial charge in [0.15, 0.2) is 12.4 Å². The molecule has 0 bridgehead atoms. The summed E-state index contributed by atoms with van der Waals surface area (Å²) in [5.74, 6) is -1.43. The third-order valence-corrected chi connectivity index (χ3v) is 4.58. The molecule has 1 fully saturated rings. The summed E-state index contributed by atoms with van der Waals surface area (Å²) in [6, 6.07) is 11.3. The Bertz CT molecular complexity index is 914. The van der Waals surface area contributed by atoms with Crippen LogP contribution in [0, 0.1) is 13.8 Å². The predicted molar refractivity (Wildman–Crippen MR) is 98.7 cm³/mol. The minimum atomic E-state index is -0.641. The molecule has 1 aliphatic heterocycles. The fourth-order valence-electron chi connectivity index (χ4n) is 2.82. The number of Topliss-reactive ketones (excluding diaryl/α,β-unsaturated/α-hetero) is 1. The molecule has 1 saturated heterocycles. The van der Waals surface area contributed by atoms with Crippen molar-refractivity contribution in [3.05, 3.63) is 64.7 Å². The second kappa shape index (κ2) is 7.53. The van der Waals surface area contributed by atoms with E-state index in [-0.39, 0.29) is 42.6 Å². The number of anilines is 1. The quantitative estimate of drug-likeness (QED) is 0.462. The molecule has 0 saturated carbocycles. The Kier molecular flexibility index (Phi) is 5.16. The Balaban J connectivity index is 1.62. The van der Waals surface area contributed by atoms with Crippen LogP contribution in [0.2, 0.25) is 0 Å². The molecule has 6 heteroatoms. The van der Waals surface area contributed by atoms with Crippen molar-refractivity contribution in [2.45, 2.75) is 26.7 Å². The molecular formula is C21H19NO5. The molecule has 2 aromatic carbocycles. The number of rotatable bonds is 5. The van der Waals surface area contributed by atoms with Crippen molar-refractivity contribution in [1.29, 1.82) is 0 Å². The number of nitrogens with zero attached hydrogens (tertiary/aromatic N) is 1. The van der Waals surface area contributed by atoms with E-state index in [0.717, 1.165) is 16.0 Å². The summed E-state index contributed by atoms with van der Waals surface area (Å²) < 4.78 is 5.09. The standard InChI is InChI=1S/C21H19NO5/c1-13-3-4-16(11-14(13)2)18(23)12-27-21(26)15-5-7-17(8-6-15)22-19(24)9-10-20(22)25/h3-8,11H,9-10,12H2,1-2H3. The molecule has 138 valence electrons. The smallest absolute Gasteiger partial charge is 0.338 e. The zero-order chi connectivity index (χ0) is 19.6. The lowest BCUT2D eigenvalue weighted by Gasteiger charge is -2.14. The Hall–Kier alpha value is -3.28. The molecular weight excluding hydrogens is 346 g/mol. The SMILES string of the molecule is Cc1ccc(C(=O)COC(=O)c2ccc(N3C(=O)CCC3=O)cc2)cc1C. The Morgan fingerprint density at radius 2 is 1.48 bits per heavy atom. The Morgan fingerprint density at radius 3 is 2.07 bits per heavy atom. The monoisotopic (exact) mass is 365 g/mol.